The first-order valence-electron chi connectivity index (χ1n) is 8.80. The highest BCUT2D eigenvalue weighted by Gasteiger charge is 2.33. The van der Waals surface area contributed by atoms with Crippen molar-refractivity contribution in [1.29, 1.82) is 0 Å². The molecule has 2 aromatic rings. The summed E-state index contributed by atoms with van der Waals surface area (Å²) in [4.78, 5) is 27.0. The molecule has 0 aliphatic carbocycles. The van der Waals surface area contributed by atoms with Crippen molar-refractivity contribution < 1.29 is 14.3 Å². The van der Waals surface area contributed by atoms with Gasteiger partial charge in [0.05, 0.1) is 18.2 Å². The number of rotatable bonds is 7. The Morgan fingerprint density at radius 3 is 2.67 bits per heavy atom. The molecule has 2 amide bonds. The van der Waals surface area contributed by atoms with Crippen LogP contribution in [-0.4, -0.2) is 37.1 Å². The molecule has 0 fully saturated rings. The Kier molecular flexibility index (Phi) is 6.26. The van der Waals surface area contributed by atoms with Gasteiger partial charge in [-0.3, -0.25) is 4.90 Å². The standard InChI is InChI=1S/C20H23N3O3S/c1-3-26-19(24)17-16(12-23(2)11-14-9-10-27-13-14)21-20(25)22-18(17)15-7-5-4-6-8-15/h4-10,13,18H,3,11-12H2,1-2H3,(H2,21,22,25). The molecule has 0 spiro atoms. The van der Waals surface area contributed by atoms with Gasteiger partial charge in [-0.15, -0.1) is 0 Å². The zero-order valence-corrected chi connectivity index (χ0v) is 16.2. The largest absolute Gasteiger partial charge is 0.463 e. The van der Waals surface area contributed by atoms with E-state index < -0.39 is 12.0 Å². The lowest BCUT2D eigenvalue weighted by Crippen LogP contribution is -2.48. The van der Waals surface area contributed by atoms with Crippen LogP contribution in [0.2, 0.25) is 0 Å². The molecule has 1 atom stereocenters. The number of hydrogen-bond donors (Lipinski definition) is 2. The van der Waals surface area contributed by atoms with Crippen LogP contribution in [-0.2, 0) is 16.1 Å². The van der Waals surface area contributed by atoms with Crippen molar-refractivity contribution in [1.82, 2.24) is 15.5 Å². The number of ether oxygens (including phenoxy) is 1. The number of nitrogens with one attached hydrogen (secondary N) is 2. The van der Waals surface area contributed by atoms with Gasteiger partial charge in [-0.25, -0.2) is 9.59 Å². The van der Waals surface area contributed by atoms with Crippen molar-refractivity contribution in [3.8, 4) is 0 Å². The smallest absolute Gasteiger partial charge is 0.338 e. The minimum absolute atomic E-state index is 0.274. The quantitative estimate of drug-likeness (QED) is 0.719. The summed E-state index contributed by atoms with van der Waals surface area (Å²) in [6.45, 7) is 3.20. The zero-order valence-electron chi connectivity index (χ0n) is 15.4. The van der Waals surface area contributed by atoms with Crippen LogP contribution in [0.25, 0.3) is 0 Å². The molecule has 0 saturated carbocycles. The molecule has 27 heavy (non-hydrogen) atoms. The van der Waals surface area contributed by atoms with Gasteiger partial charge in [0.2, 0.25) is 0 Å². The summed E-state index contributed by atoms with van der Waals surface area (Å²) in [5.74, 6) is -0.419. The molecule has 7 heteroatoms. The fourth-order valence-electron chi connectivity index (χ4n) is 3.11. The van der Waals surface area contributed by atoms with Crippen LogP contribution in [0, 0.1) is 0 Å². The molecule has 142 valence electrons. The molecule has 0 radical (unpaired) electrons. The summed E-state index contributed by atoms with van der Waals surface area (Å²) in [5, 5.41) is 9.77. The summed E-state index contributed by atoms with van der Waals surface area (Å²) in [7, 11) is 1.96. The van der Waals surface area contributed by atoms with E-state index in [0.717, 1.165) is 12.1 Å². The van der Waals surface area contributed by atoms with Gasteiger partial charge in [-0.1, -0.05) is 30.3 Å². The van der Waals surface area contributed by atoms with Gasteiger partial charge in [-0.05, 0) is 41.9 Å². The number of hydrogen-bond acceptors (Lipinski definition) is 5. The minimum atomic E-state index is -0.538. The maximum absolute atomic E-state index is 12.7. The molecule has 1 aromatic carbocycles. The number of benzene rings is 1. The van der Waals surface area contributed by atoms with Crippen LogP contribution >= 0.6 is 11.3 Å². The van der Waals surface area contributed by atoms with E-state index in [4.69, 9.17) is 4.74 Å². The van der Waals surface area contributed by atoms with E-state index >= 15 is 0 Å². The summed E-state index contributed by atoms with van der Waals surface area (Å²) >= 11 is 1.65. The number of urea groups is 1. The van der Waals surface area contributed by atoms with E-state index in [-0.39, 0.29) is 12.6 Å². The van der Waals surface area contributed by atoms with Crippen molar-refractivity contribution in [2.24, 2.45) is 0 Å². The molecular weight excluding hydrogens is 362 g/mol. The molecule has 1 aromatic heterocycles. The lowest BCUT2D eigenvalue weighted by molar-refractivity contribution is -0.139. The Bertz CT molecular complexity index is 818. The Morgan fingerprint density at radius 1 is 1.22 bits per heavy atom. The summed E-state index contributed by atoms with van der Waals surface area (Å²) in [6, 6.07) is 10.7. The van der Waals surface area contributed by atoms with Crippen molar-refractivity contribution in [3.63, 3.8) is 0 Å². The average molecular weight is 385 g/mol. The number of carbonyl (C=O) groups is 2. The third kappa shape index (κ3) is 4.75. The Labute approximate surface area is 162 Å². The topological polar surface area (TPSA) is 70.7 Å². The van der Waals surface area contributed by atoms with Crippen LogP contribution in [0.15, 0.2) is 58.4 Å². The van der Waals surface area contributed by atoms with Crippen LogP contribution in [0.3, 0.4) is 0 Å². The van der Waals surface area contributed by atoms with Gasteiger partial charge in [0.1, 0.15) is 0 Å². The summed E-state index contributed by atoms with van der Waals surface area (Å²) in [6.07, 6.45) is 0. The monoisotopic (exact) mass is 385 g/mol. The number of carbonyl (C=O) groups excluding carboxylic acids is 2. The first-order valence-corrected chi connectivity index (χ1v) is 9.75. The van der Waals surface area contributed by atoms with E-state index in [0.29, 0.717) is 17.8 Å². The van der Waals surface area contributed by atoms with Crippen LogP contribution < -0.4 is 10.6 Å². The third-order valence-electron chi connectivity index (χ3n) is 4.24. The van der Waals surface area contributed by atoms with Crippen LogP contribution in [0.1, 0.15) is 24.1 Å². The van der Waals surface area contributed by atoms with Gasteiger partial charge >= 0.3 is 12.0 Å². The van der Waals surface area contributed by atoms with E-state index in [1.54, 1.807) is 18.3 Å². The van der Waals surface area contributed by atoms with E-state index in [2.05, 4.69) is 27.0 Å². The Hall–Kier alpha value is -2.64. The van der Waals surface area contributed by atoms with Crippen LogP contribution in [0.4, 0.5) is 4.79 Å². The molecule has 1 unspecified atom stereocenters. The molecule has 6 nitrogen and oxygen atoms in total. The first-order chi connectivity index (χ1) is 13.1. The highest BCUT2D eigenvalue weighted by atomic mass is 32.1. The summed E-state index contributed by atoms with van der Waals surface area (Å²) in [5.41, 5.74) is 3.05. The maximum Gasteiger partial charge on any atom is 0.338 e. The molecule has 1 aliphatic heterocycles. The molecule has 0 saturated heterocycles. The Balaban J connectivity index is 1.92. The van der Waals surface area contributed by atoms with Gasteiger partial charge < -0.3 is 15.4 Å². The highest BCUT2D eigenvalue weighted by Crippen LogP contribution is 2.28. The van der Waals surface area contributed by atoms with Gasteiger partial charge in [0.25, 0.3) is 0 Å². The molecule has 1 aliphatic rings. The van der Waals surface area contributed by atoms with Crippen molar-refractivity contribution >= 4 is 23.3 Å². The fraction of sp³-hybridized carbons (Fsp3) is 0.300. The van der Waals surface area contributed by atoms with Gasteiger partial charge in [0.15, 0.2) is 0 Å². The average Bonchev–Trinajstić information content (AvgIpc) is 3.15. The molecule has 2 heterocycles. The van der Waals surface area contributed by atoms with Gasteiger partial charge in [-0.2, -0.15) is 11.3 Å². The Morgan fingerprint density at radius 2 is 2.00 bits per heavy atom. The van der Waals surface area contributed by atoms with Crippen LogP contribution in [0.5, 0.6) is 0 Å². The number of likely N-dealkylation sites (N-methyl/N-ethyl adjacent to an activating group) is 1. The third-order valence-corrected chi connectivity index (χ3v) is 4.97. The van der Waals surface area contributed by atoms with Crippen molar-refractivity contribution in [3.05, 3.63) is 69.6 Å². The number of esters is 1. The molecular formula is C20H23N3O3S. The number of nitrogens with zero attached hydrogens (tertiary/aromatic N) is 1. The second-order valence-electron chi connectivity index (χ2n) is 6.36. The summed E-state index contributed by atoms with van der Waals surface area (Å²) < 4.78 is 5.28. The number of amides is 2. The predicted octanol–water partition coefficient (Wildman–Crippen LogP) is 3.05. The number of thiophene rings is 1. The predicted molar refractivity (Wildman–Crippen MR) is 105 cm³/mol. The van der Waals surface area contributed by atoms with Crippen molar-refractivity contribution in [2.45, 2.75) is 19.5 Å². The SMILES string of the molecule is CCOC(=O)C1=C(CN(C)Cc2ccsc2)NC(=O)NC1c1ccccc1. The normalized spacial score (nSPS) is 16.9. The van der Waals surface area contributed by atoms with E-state index in [9.17, 15) is 9.59 Å². The fourth-order valence-corrected chi connectivity index (χ4v) is 3.77. The second kappa shape index (κ2) is 8.83. The van der Waals surface area contributed by atoms with E-state index in [1.807, 2.05) is 42.8 Å². The highest BCUT2D eigenvalue weighted by molar-refractivity contribution is 7.07. The lowest BCUT2D eigenvalue weighted by atomic mass is 9.95. The van der Waals surface area contributed by atoms with E-state index in [1.165, 1.54) is 5.56 Å². The van der Waals surface area contributed by atoms with Gasteiger partial charge in [0, 0.05) is 18.8 Å². The molecule has 2 N–H and O–H groups in total. The van der Waals surface area contributed by atoms with Crippen molar-refractivity contribution in [2.75, 3.05) is 20.2 Å². The molecule has 3 rings (SSSR count). The molecule has 0 bridgehead atoms. The minimum Gasteiger partial charge on any atom is -0.463 e. The zero-order chi connectivity index (χ0) is 19.2. The second-order valence-corrected chi connectivity index (χ2v) is 7.14. The maximum atomic E-state index is 12.7. The first kappa shape index (κ1) is 19.1. The lowest BCUT2D eigenvalue weighted by Gasteiger charge is -2.31.